The van der Waals surface area contributed by atoms with Crippen molar-refractivity contribution in [3.63, 3.8) is 0 Å². The Morgan fingerprint density at radius 1 is 1.37 bits per heavy atom. The molecule has 0 fully saturated rings. The number of pyridine rings is 1. The van der Waals surface area contributed by atoms with Crippen LogP contribution in [0.2, 0.25) is 0 Å². The number of thioether (sulfide) groups is 1. The highest BCUT2D eigenvalue weighted by Gasteiger charge is 2.17. The van der Waals surface area contributed by atoms with Crippen LogP contribution in [0.25, 0.3) is 10.2 Å². The Morgan fingerprint density at radius 3 is 3.00 bits per heavy atom. The van der Waals surface area contributed by atoms with Gasteiger partial charge in [-0.1, -0.05) is 6.07 Å². The molecule has 0 radical (unpaired) electrons. The maximum absolute atomic E-state index is 11.6. The summed E-state index contributed by atoms with van der Waals surface area (Å²) in [5.74, 6) is 1.96. The number of rotatable bonds is 9. The van der Waals surface area contributed by atoms with Gasteiger partial charge in [0.1, 0.15) is 23.4 Å². The van der Waals surface area contributed by atoms with Gasteiger partial charge in [0, 0.05) is 29.5 Å². The number of benzene rings is 1. The van der Waals surface area contributed by atoms with Crippen LogP contribution in [0.5, 0.6) is 5.75 Å². The van der Waals surface area contributed by atoms with Gasteiger partial charge in [-0.3, -0.25) is 9.78 Å². The molecule has 0 amide bonds. The van der Waals surface area contributed by atoms with Gasteiger partial charge in [0.05, 0.1) is 17.3 Å². The molecule has 6 nitrogen and oxygen atoms in total. The zero-order chi connectivity index (χ0) is 19.1. The highest BCUT2D eigenvalue weighted by Crippen LogP contribution is 2.29. The number of nitrogens with zero attached hydrogens (tertiary/aromatic N) is 2. The smallest absolute Gasteiger partial charge is 0.323 e. The van der Waals surface area contributed by atoms with E-state index in [2.05, 4.69) is 15.3 Å². The van der Waals surface area contributed by atoms with E-state index in [0.717, 1.165) is 32.3 Å². The molecule has 1 aromatic carbocycles. The predicted octanol–water partition coefficient (Wildman–Crippen LogP) is 3.26. The molecule has 1 N–H and O–H groups in total. The normalized spacial score (nSPS) is 12.1. The number of fused-ring (bicyclic) bond motifs is 1. The van der Waals surface area contributed by atoms with E-state index in [1.165, 1.54) is 7.11 Å². The van der Waals surface area contributed by atoms with Crippen LogP contribution in [0.4, 0.5) is 0 Å². The fourth-order valence-corrected chi connectivity index (χ4v) is 4.60. The molecule has 0 spiro atoms. The summed E-state index contributed by atoms with van der Waals surface area (Å²) in [6, 6.07) is 9.51. The molecule has 2 aromatic heterocycles. The Balaban J connectivity index is 1.58. The Morgan fingerprint density at radius 2 is 2.26 bits per heavy atom. The first-order valence-corrected chi connectivity index (χ1v) is 10.4. The third kappa shape index (κ3) is 5.41. The lowest BCUT2D eigenvalue weighted by Gasteiger charge is -2.12. The number of ether oxygens (including phenoxy) is 2. The molecule has 0 aliphatic carbocycles. The van der Waals surface area contributed by atoms with Gasteiger partial charge in [-0.25, -0.2) is 4.98 Å². The number of aromatic nitrogens is 2. The second-order valence-corrected chi connectivity index (χ2v) is 7.91. The molecule has 1 unspecified atom stereocenters. The Kier molecular flexibility index (Phi) is 7.03. The first-order chi connectivity index (χ1) is 13.2. The standard InChI is InChI=1S/C19H21N3O3S2/c1-20-16(19(23)24-2)11-26-12-18-22-15-6-5-14(8-17(15)27-18)25-10-13-4-3-7-21-9-13/h3-9,16,20H,10-12H2,1-2H3. The minimum atomic E-state index is -0.304. The summed E-state index contributed by atoms with van der Waals surface area (Å²) in [6.45, 7) is 0.486. The van der Waals surface area contributed by atoms with E-state index < -0.39 is 0 Å². The van der Waals surface area contributed by atoms with Crippen molar-refractivity contribution in [3.8, 4) is 5.75 Å². The number of hydrogen-bond donors (Lipinski definition) is 1. The summed E-state index contributed by atoms with van der Waals surface area (Å²) in [7, 11) is 3.16. The van der Waals surface area contributed by atoms with Crippen LogP contribution in [0.15, 0.2) is 42.7 Å². The molecule has 0 saturated heterocycles. The molecule has 142 valence electrons. The summed E-state index contributed by atoms with van der Waals surface area (Å²) in [6.07, 6.45) is 3.55. The van der Waals surface area contributed by atoms with Crippen LogP contribution < -0.4 is 10.1 Å². The van der Waals surface area contributed by atoms with Gasteiger partial charge in [-0.05, 0) is 31.3 Å². The molecule has 0 saturated carbocycles. The molecule has 0 bridgehead atoms. The average molecular weight is 404 g/mol. The summed E-state index contributed by atoms with van der Waals surface area (Å²) in [5.41, 5.74) is 1.99. The van der Waals surface area contributed by atoms with Gasteiger partial charge in [0.15, 0.2) is 0 Å². The Labute approximate surface area is 166 Å². The lowest BCUT2D eigenvalue weighted by Crippen LogP contribution is -2.37. The van der Waals surface area contributed by atoms with E-state index in [0.29, 0.717) is 12.4 Å². The first-order valence-electron chi connectivity index (χ1n) is 8.43. The number of carbonyl (C=O) groups is 1. The van der Waals surface area contributed by atoms with Crippen molar-refractivity contribution < 1.29 is 14.3 Å². The van der Waals surface area contributed by atoms with Crippen LogP contribution in [0.3, 0.4) is 0 Å². The van der Waals surface area contributed by atoms with Crippen molar-refractivity contribution in [2.24, 2.45) is 0 Å². The minimum absolute atomic E-state index is 0.246. The molecule has 3 rings (SSSR count). The number of esters is 1. The highest BCUT2D eigenvalue weighted by molar-refractivity contribution is 7.98. The molecule has 1 atom stereocenters. The fraction of sp³-hybridized carbons (Fsp3) is 0.316. The van der Waals surface area contributed by atoms with Crippen LogP contribution >= 0.6 is 23.1 Å². The number of nitrogens with one attached hydrogen (secondary N) is 1. The lowest BCUT2D eigenvalue weighted by molar-refractivity contribution is -0.142. The number of methoxy groups -OCH3 is 1. The predicted molar refractivity (Wildman–Crippen MR) is 109 cm³/mol. The summed E-state index contributed by atoms with van der Waals surface area (Å²) in [5, 5.41) is 3.99. The van der Waals surface area contributed by atoms with Gasteiger partial charge < -0.3 is 14.8 Å². The Hall–Kier alpha value is -2.16. The van der Waals surface area contributed by atoms with E-state index in [9.17, 15) is 4.79 Å². The zero-order valence-corrected chi connectivity index (χ0v) is 16.8. The first kappa shape index (κ1) is 19.6. The van der Waals surface area contributed by atoms with Gasteiger partial charge in [-0.15, -0.1) is 11.3 Å². The van der Waals surface area contributed by atoms with Crippen LogP contribution in [-0.4, -0.2) is 41.9 Å². The second kappa shape index (κ2) is 9.68. The van der Waals surface area contributed by atoms with E-state index in [4.69, 9.17) is 9.47 Å². The SMILES string of the molecule is CNC(CSCc1nc2ccc(OCc3cccnc3)cc2s1)C(=O)OC. The van der Waals surface area contributed by atoms with Crippen LogP contribution in [0, 0.1) is 0 Å². The van der Waals surface area contributed by atoms with E-state index in [-0.39, 0.29) is 12.0 Å². The summed E-state index contributed by atoms with van der Waals surface area (Å²) < 4.78 is 11.7. The number of hydrogen-bond acceptors (Lipinski definition) is 8. The van der Waals surface area contributed by atoms with Crippen LogP contribution in [0.1, 0.15) is 10.6 Å². The number of carbonyl (C=O) groups excluding carboxylic acids is 1. The minimum Gasteiger partial charge on any atom is -0.489 e. The van der Waals surface area contributed by atoms with Gasteiger partial charge in [0.25, 0.3) is 0 Å². The molecule has 0 aliphatic heterocycles. The topological polar surface area (TPSA) is 73.3 Å². The van der Waals surface area contributed by atoms with Gasteiger partial charge in [0.2, 0.25) is 0 Å². The van der Waals surface area contributed by atoms with E-state index in [1.54, 1.807) is 42.5 Å². The zero-order valence-electron chi connectivity index (χ0n) is 15.2. The third-order valence-electron chi connectivity index (χ3n) is 3.88. The van der Waals surface area contributed by atoms with Crippen molar-refractivity contribution in [2.45, 2.75) is 18.4 Å². The van der Waals surface area contributed by atoms with Crippen LogP contribution in [-0.2, 0) is 21.9 Å². The van der Waals surface area contributed by atoms with Crippen molar-refractivity contribution in [2.75, 3.05) is 19.9 Å². The third-order valence-corrected chi connectivity index (χ3v) is 6.12. The monoisotopic (exact) mass is 403 g/mol. The maximum Gasteiger partial charge on any atom is 0.323 e. The summed E-state index contributed by atoms with van der Waals surface area (Å²) in [4.78, 5) is 20.3. The summed E-state index contributed by atoms with van der Waals surface area (Å²) >= 11 is 3.30. The molecule has 2 heterocycles. The molecule has 8 heteroatoms. The number of thiazole rings is 1. The molecular weight excluding hydrogens is 382 g/mol. The van der Waals surface area contributed by atoms with Gasteiger partial charge in [-0.2, -0.15) is 11.8 Å². The molecule has 0 aliphatic rings. The van der Waals surface area contributed by atoms with Crippen molar-refractivity contribution in [1.82, 2.24) is 15.3 Å². The Bertz CT molecular complexity index is 886. The van der Waals surface area contributed by atoms with Crippen molar-refractivity contribution in [3.05, 3.63) is 53.3 Å². The second-order valence-electron chi connectivity index (χ2n) is 5.77. The quantitative estimate of drug-likeness (QED) is 0.550. The van der Waals surface area contributed by atoms with E-state index >= 15 is 0 Å². The lowest BCUT2D eigenvalue weighted by atomic mass is 10.3. The highest BCUT2D eigenvalue weighted by atomic mass is 32.2. The van der Waals surface area contributed by atoms with Crippen molar-refractivity contribution in [1.29, 1.82) is 0 Å². The fourth-order valence-electron chi connectivity index (χ4n) is 2.43. The molecule has 27 heavy (non-hydrogen) atoms. The molecular formula is C19H21N3O3S2. The van der Waals surface area contributed by atoms with Gasteiger partial charge >= 0.3 is 5.97 Å². The van der Waals surface area contributed by atoms with Crippen molar-refractivity contribution >= 4 is 39.3 Å². The molecule has 3 aromatic rings. The van der Waals surface area contributed by atoms with E-state index in [1.807, 2.05) is 30.3 Å². The maximum atomic E-state index is 11.6. The largest absolute Gasteiger partial charge is 0.489 e. The average Bonchev–Trinajstić information content (AvgIpc) is 3.12. The number of likely N-dealkylation sites (N-methyl/N-ethyl adjacent to an activating group) is 1.